The molecule has 1 aliphatic rings. The molecule has 3 aromatic heterocycles. The number of fused-ring (bicyclic) bond motifs is 3. The first-order valence-electron chi connectivity index (χ1n) is 13.0. The number of benzene rings is 2. The van der Waals surface area contributed by atoms with Gasteiger partial charge in [-0.1, -0.05) is 17.7 Å². The quantitative estimate of drug-likeness (QED) is 0.309. The van der Waals surface area contributed by atoms with Crippen LogP contribution in [0.25, 0.3) is 11.3 Å². The molecule has 0 saturated carbocycles. The minimum Gasteiger partial charge on any atom is -0.355 e. The van der Waals surface area contributed by atoms with Crippen LogP contribution >= 0.6 is 27.5 Å². The summed E-state index contributed by atoms with van der Waals surface area (Å²) in [6, 6.07) is 17.7. The van der Waals surface area contributed by atoms with Crippen molar-refractivity contribution in [2.75, 3.05) is 13.6 Å². The summed E-state index contributed by atoms with van der Waals surface area (Å²) in [5, 5.41) is 7.77. The molecule has 6 rings (SSSR count). The number of carbonyl (C=O) groups excluding carboxylic acids is 2. The van der Waals surface area contributed by atoms with E-state index in [4.69, 9.17) is 16.7 Å². The standard InChI is InChI=1S/C30H24BrClN6O3/c1-33-27(39)18-5-8-22(9-6-18)37-28-20(14-21-4-2-3-12-34-21)16-35-38(28)26-17-36(13-11-23(26)30(37)41)29(40)19-7-10-24(31)25(32)15-19/h2-10,12,15-16H,11,13-14,17H2,1H3,(H,33,39). The molecular formula is C30H24BrClN6O3. The number of halogens is 2. The summed E-state index contributed by atoms with van der Waals surface area (Å²) in [5.41, 5.74) is 4.88. The fourth-order valence-corrected chi connectivity index (χ4v) is 5.59. The first-order chi connectivity index (χ1) is 19.9. The van der Waals surface area contributed by atoms with Crippen molar-refractivity contribution in [1.29, 1.82) is 0 Å². The second-order valence-electron chi connectivity index (χ2n) is 9.70. The first-order valence-corrected chi connectivity index (χ1v) is 14.1. The molecule has 0 aliphatic carbocycles. The van der Waals surface area contributed by atoms with Gasteiger partial charge in [-0.2, -0.15) is 5.10 Å². The van der Waals surface area contributed by atoms with Crippen LogP contribution in [0.1, 0.15) is 43.2 Å². The lowest BCUT2D eigenvalue weighted by Crippen LogP contribution is -2.41. The molecule has 0 radical (unpaired) electrons. The normalized spacial score (nSPS) is 12.8. The molecule has 2 amide bonds. The Hall–Kier alpha value is -4.28. The molecule has 5 aromatic rings. The monoisotopic (exact) mass is 630 g/mol. The highest BCUT2D eigenvalue weighted by Gasteiger charge is 2.29. The summed E-state index contributed by atoms with van der Waals surface area (Å²) in [6.45, 7) is 0.590. The van der Waals surface area contributed by atoms with Gasteiger partial charge in [0, 0.05) is 58.6 Å². The number of hydrogen-bond acceptors (Lipinski definition) is 5. The van der Waals surface area contributed by atoms with E-state index in [-0.39, 0.29) is 23.9 Å². The smallest absolute Gasteiger partial charge is 0.261 e. The number of carbonyl (C=O) groups is 2. The van der Waals surface area contributed by atoms with E-state index in [9.17, 15) is 14.4 Å². The average molecular weight is 632 g/mol. The molecule has 1 aliphatic heterocycles. The molecule has 0 spiro atoms. The lowest BCUT2D eigenvalue weighted by molar-refractivity contribution is 0.0729. The summed E-state index contributed by atoms with van der Waals surface area (Å²) < 4.78 is 4.11. The van der Waals surface area contributed by atoms with Gasteiger partial charge in [0.1, 0.15) is 5.65 Å². The number of hydrogen-bond donors (Lipinski definition) is 1. The van der Waals surface area contributed by atoms with Gasteiger partial charge in [0.2, 0.25) is 0 Å². The van der Waals surface area contributed by atoms with Crippen LogP contribution in [0.5, 0.6) is 0 Å². The SMILES string of the molecule is CNC(=O)c1ccc(-n2c(=O)c3c(n4ncc(Cc5ccccn5)c24)CN(C(=O)c2ccc(Br)c(Cl)c2)CC3)cc1. The molecule has 0 unspecified atom stereocenters. The van der Waals surface area contributed by atoms with Gasteiger partial charge in [0.05, 0.1) is 29.1 Å². The number of aromatic nitrogens is 4. The van der Waals surface area contributed by atoms with Crippen molar-refractivity contribution in [3.63, 3.8) is 0 Å². The van der Waals surface area contributed by atoms with Crippen LogP contribution in [0.4, 0.5) is 0 Å². The van der Waals surface area contributed by atoms with Crippen LogP contribution in [-0.4, -0.2) is 49.5 Å². The second-order valence-corrected chi connectivity index (χ2v) is 11.0. The van der Waals surface area contributed by atoms with Gasteiger partial charge in [0.15, 0.2) is 0 Å². The van der Waals surface area contributed by atoms with Gasteiger partial charge >= 0.3 is 0 Å². The van der Waals surface area contributed by atoms with Crippen molar-refractivity contribution >= 4 is 45.0 Å². The molecular weight excluding hydrogens is 608 g/mol. The highest BCUT2D eigenvalue weighted by atomic mass is 79.9. The summed E-state index contributed by atoms with van der Waals surface area (Å²) in [4.78, 5) is 45.9. The lowest BCUT2D eigenvalue weighted by Gasteiger charge is -2.30. The fourth-order valence-electron chi connectivity index (χ4n) is 5.17. The molecule has 9 nitrogen and oxygen atoms in total. The van der Waals surface area contributed by atoms with Crippen molar-refractivity contribution in [2.24, 2.45) is 0 Å². The number of pyridine rings is 1. The van der Waals surface area contributed by atoms with E-state index < -0.39 is 0 Å². The third kappa shape index (κ3) is 4.93. The van der Waals surface area contributed by atoms with E-state index in [0.29, 0.717) is 62.6 Å². The van der Waals surface area contributed by atoms with Crippen LogP contribution in [0.3, 0.4) is 0 Å². The predicted molar refractivity (Wildman–Crippen MR) is 159 cm³/mol. The van der Waals surface area contributed by atoms with Gasteiger partial charge in [-0.25, -0.2) is 4.52 Å². The third-order valence-electron chi connectivity index (χ3n) is 7.23. The maximum Gasteiger partial charge on any atom is 0.261 e. The van der Waals surface area contributed by atoms with E-state index in [0.717, 1.165) is 11.3 Å². The summed E-state index contributed by atoms with van der Waals surface area (Å²) in [7, 11) is 1.57. The van der Waals surface area contributed by atoms with Gasteiger partial charge in [-0.15, -0.1) is 0 Å². The number of rotatable bonds is 5. The van der Waals surface area contributed by atoms with E-state index in [1.807, 2.05) is 18.2 Å². The highest BCUT2D eigenvalue weighted by Crippen LogP contribution is 2.27. The molecule has 0 fully saturated rings. The molecule has 0 saturated heterocycles. The van der Waals surface area contributed by atoms with E-state index in [1.54, 1.807) is 75.9 Å². The second kappa shape index (κ2) is 10.9. The summed E-state index contributed by atoms with van der Waals surface area (Å²) in [5.74, 6) is -0.385. The molecule has 11 heteroatoms. The Morgan fingerprint density at radius 3 is 2.56 bits per heavy atom. The number of nitrogens with one attached hydrogen (secondary N) is 1. The maximum atomic E-state index is 14.1. The van der Waals surface area contributed by atoms with Gasteiger partial charge < -0.3 is 10.2 Å². The largest absolute Gasteiger partial charge is 0.355 e. The molecule has 0 atom stereocenters. The Morgan fingerprint density at radius 2 is 1.85 bits per heavy atom. The lowest BCUT2D eigenvalue weighted by atomic mass is 10.0. The van der Waals surface area contributed by atoms with Crippen LogP contribution in [-0.2, 0) is 19.4 Å². The number of amides is 2. The predicted octanol–water partition coefficient (Wildman–Crippen LogP) is 4.45. The van der Waals surface area contributed by atoms with Gasteiger partial charge in [-0.05, 0) is 76.9 Å². The molecule has 4 heterocycles. The zero-order valence-corrected chi connectivity index (χ0v) is 24.3. The average Bonchev–Trinajstić information content (AvgIpc) is 3.41. The third-order valence-corrected chi connectivity index (χ3v) is 8.47. The zero-order chi connectivity index (χ0) is 28.7. The minimum absolute atomic E-state index is 0.173. The molecule has 1 N–H and O–H groups in total. The van der Waals surface area contributed by atoms with Crippen LogP contribution in [0.15, 0.2) is 82.3 Å². The maximum absolute atomic E-state index is 14.1. The van der Waals surface area contributed by atoms with Crippen molar-refractivity contribution < 1.29 is 9.59 Å². The van der Waals surface area contributed by atoms with Crippen LogP contribution in [0, 0.1) is 0 Å². The van der Waals surface area contributed by atoms with Gasteiger partial charge in [0.25, 0.3) is 17.4 Å². The van der Waals surface area contributed by atoms with Gasteiger partial charge in [-0.3, -0.25) is 23.9 Å². The molecule has 41 heavy (non-hydrogen) atoms. The Bertz CT molecular complexity index is 1870. The zero-order valence-electron chi connectivity index (χ0n) is 22.0. The summed E-state index contributed by atoms with van der Waals surface area (Å²) >= 11 is 9.62. The Balaban J connectivity index is 1.48. The van der Waals surface area contributed by atoms with Crippen molar-refractivity contribution in [2.45, 2.75) is 19.4 Å². The van der Waals surface area contributed by atoms with Crippen molar-refractivity contribution in [3.8, 4) is 5.69 Å². The number of nitrogens with zero attached hydrogens (tertiary/aromatic N) is 5. The van der Waals surface area contributed by atoms with E-state index >= 15 is 0 Å². The Morgan fingerprint density at radius 1 is 1.07 bits per heavy atom. The summed E-state index contributed by atoms with van der Waals surface area (Å²) in [6.07, 6.45) is 4.30. The Kier molecular flexibility index (Phi) is 7.19. The Labute approximate surface area is 248 Å². The van der Waals surface area contributed by atoms with E-state index in [1.165, 1.54) is 0 Å². The van der Waals surface area contributed by atoms with E-state index in [2.05, 4.69) is 26.2 Å². The van der Waals surface area contributed by atoms with Crippen LogP contribution < -0.4 is 10.9 Å². The molecule has 206 valence electrons. The highest BCUT2D eigenvalue weighted by molar-refractivity contribution is 9.10. The minimum atomic E-state index is -0.212. The topological polar surface area (TPSA) is 102 Å². The molecule has 2 aromatic carbocycles. The van der Waals surface area contributed by atoms with Crippen molar-refractivity contribution in [1.82, 2.24) is 29.4 Å². The molecule has 0 bridgehead atoms. The fraction of sp³-hybridized carbons (Fsp3) is 0.167. The van der Waals surface area contributed by atoms with Crippen molar-refractivity contribution in [3.05, 3.63) is 127 Å². The first kappa shape index (κ1) is 26.9. The van der Waals surface area contributed by atoms with Crippen LogP contribution in [0.2, 0.25) is 5.02 Å².